The Bertz CT molecular complexity index is 546. The first-order valence-electron chi connectivity index (χ1n) is 7.10. The van der Waals surface area contributed by atoms with Gasteiger partial charge < -0.3 is 15.5 Å². The highest BCUT2D eigenvalue weighted by atomic mass is 35.5. The fourth-order valence-corrected chi connectivity index (χ4v) is 2.49. The first-order valence-corrected chi connectivity index (χ1v) is 7.48. The van der Waals surface area contributed by atoms with Crippen molar-refractivity contribution < 1.29 is 9.59 Å². The maximum atomic E-state index is 11.7. The van der Waals surface area contributed by atoms with Crippen LogP contribution in [0.25, 0.3) is 0 Å². The Morgan fingerprint density at radius 3 is 2.76 bits per heavy atom. The summed E-state index contributed by atoms with van der Waals surface area (Å²) in [4.78, 5) is 25.2. The third kappa shape index (κ3) is 4.19. The van der Waals surface area contributed by atoms with Gasteiger partial charge in [-0.15, -0.1) is 0 Å². The number of benzene rings is 1. The van der Waals surface area contributed by atoms with Gasteiger partial charge >= 0.3 is 0 Å². The first-order chi connectivity index (χ1) is 9.97. The van der Waals surface area contributed by atoms with Crippen LogP contribution in [0.1, 0.15) is 26.7 Å². The van der Waals surface area contributed by atoms with Crippen molar-refractivity contribution in [1.29, 1.82) is 0 Å². The Labute approximate surface area is 129 Å². The Kier molecular flexibility index (Phi) is 5.20. The molecule has 1 fully saturated rings. The summed E-state index contributed by atoms with van der Waals surface area (Å²) < 4.78 is 0. The maximum absolute atomic E-state index is 11.7. The van der Waals surface area contributed by atoms with Gasteiger partial charge in [0.1, 0.15) is 0 Å². The van der Waals surface area contributed by atoms with Crippen molar-refractivity contribution in [3.8, 4) is 0 Å². The molecule has 0 unspecified atom stereocenters. The number of hydrogen-bond donors (Lipinski definition) is 2. The third-order valence-electron chi connectivity index (χ3n) is 3.27. The van der Waals surface area contributed by atoms with Crippen molar-refractivity contribution in [2.75, 3.05) is 23.3 Å². The van der Waals surface area contributed by atoms with Gasteiger partial charge in [-0.05, 0) is 24.6 Å². The van der Waals surface area contributed by atoms with Crippen molar-refractivity contribution in [3.63, 3.8) is 0 Å². The molecule has 1 saturated heterocycles. The van der Waals surface area contributed by atoms with Crippen LogP contribution < -0.4 is 15.5 Å². The molecular weight excluding hydrogens is 290 g/mol. The number of carbonyl (C=O) groups excluding carboxylic acids is 2. The summed E-state index contributed by atoms with van der Waals surface area (Å²) >= 11 is 6.22. The number of hydrogen-bond acceptors (Lipinski definition) is 3. The molecule has 2 rings (SSSR count). The quantitative estimate of drug-likeness (QED) is 0.878. The van der Waals surface area contributed by atoms with Crippen molar-refractivity contribution in [2.45, 2.75) is 32.7 Å². The molecule has 0 aliphatic carbocycles. The fourth-order valence-electron chi connectivity index (χ4n) is 2.21. The van der Waals surface area contributed by atoms with Crippen molar-refractivity contribution in [1.82, 2.24) is 5.32 Å². The van der Waals surface area contributed by atoms with E-state index in [1.165, 1.54) is 0 Å². The van der Waals surface area contributed by atoms with E-state index in [9.17, 15) is 9.59 Å². The lowest BCUT2D eigenvalue weighted by Gasteiger charge is -2.18. The number of anilines is 2. The van der Waals surface area contributed by atoms with Crippen LogP contribution in [0.3, 0.4) is 0 Å². The number of carbonyl (C=O) groups is 2. The van der Waals surface area contributed by atoms with Gasteiger partial charge in [-0.2, -0.15) is 0 Å². The lowest BCUT2D eigenvalue weighted by Crippen LogP contribution is -2.32. The van der Waals surface area contributed by atoms with Gasteiger partial charge in [-0.25, -0.2) is 0 Å². The summed E-state index contributed by atoms with van der Waals surface area (Å²) in [7, 11) is 0. The van der Waals surface area contributed by atoms with E-state index in [0.29, 0.717) is 29.4 Å². The number of nitrogens with one attached hydrogen (secondary N) is 2. The molecule has 1 heterocycles. The van der Waals surface area contributed by atoms with E-state index in [0.717, 1.165) is 6.42 Å². The van der Waals surface area contributed by atoms with Gasteiger partial charge in [-0.1, -0.05) is 25.4 Å². The first kappa shape index (κ1) is 15.8. The third-order valence-corrected chi connectivity index (χ3v) is 3.57. The molecule has 1 aliphatic heterocycles. The molecule has 0 atom stereocenters. The summed E-state index contributed by atoms with van der Waals surface area (Å²) in [6.07, 6.45) is 1.42. The average Bonchev–Trinajstić information content (AvgIpc) is 2.83. The zero-order chi connectivity index (χ0) is 15.4. The van der Waals surface area contributed by atoms with Gasteiger partial charge in [0.15, 0.2) is 0 Å². The summed E-state index contributed by atoms with van der Waals surface area (Å²) in [5.41, 5.74) is 1.34. The summed E-state index contributed by atoms with van der Waals surface area (Å²) in [5.74, 6) is -0.0282. The van der Waals surface area contributed by atoms with Crippen molar-refractivity contribution in [2.24, 2.45) is 0 Å². The number of nitrogens with zero attached hydrogens (tertiary/aromatic N) is 1. The molecule has 6 heteroatoms. The molecular formula is C15H20ClN3O2. The van der Waals surface area contributed by atoms with E-state index >= 15 is 0 Å². The molecule has 1 aromatic rings. The van der Waals surface area contributed by atoms with Crippen molar-refractivity contribution >= 4 is 34.8 Å². The van der Waals surface area contributed by atoms with E-state index in [4.69, 9.17) is 11.6 Å². The van der Waals surface area contributed by atoms with Crippen LogP contribution >= 0.6 is 11.6 Å². The molecule has 0 bridgehead atoms. The summed E-state index contributed by atoms with van der Waals surface area (Å²) in [6, 6.07) is 5.47. The highest BCUT2D eigenvalue weighted by Crippen LogP contribution is 2.31. The second-order valence-electron chi connectivity index (χ2n) is 5.40. The number of rotatable bonds is 5. The van der Waals surface area contributed by atoms with E-state index in [-0.39, 0.29) is 24.4 Å². The maximum Gasteiger partial charge on any atom is 0.238 e. The minimum Gasteiger partial charge on any atom is -0.325 e. The predicted molar refractivity (Wildman–Crippen MR) is 84.8 cm³/mol. The second-order valence-corrected chi connectivity index (χ2v) is 5.81. The van der Waals surface area contributed by atoms with Crippen LogP contribution in [-0.2, 0) is 9.59 Å². The minimum atomic E-state index is -0.121. The van der Waals surface area contributed by atoms with Crippen LogP contribution in [0, 0.1) is 0 Å². The van der Waals surface area contributed by atoms with Crippen LogP contribution in [0.15, 0.2) is 18.2 Å². The fraction of sp³-hybridized carbons (Fsp3) is 0.467. The monoisotopic (exact) mass is 309 g/mol. The van der Waals surface area contributed by atoms with E-state index < -0.39 is 0 Å². The molecule has 0 spiro atoms. The predicted octanol–water partition coefficient (Wildman–Crippen LogP) is 2.40. The Balaban J connectivity index is 2.02. The van der Waals surface area contributed by atoms with E-state index in [2.05, 4.69) is 10.6 Å². The molecule has 114 valence electrons. The summed E-state index contributed by atoms with van der Waals surface area (Å²) in [6.45, 7) is 4.90. The summed E-state index contributed by atoms with van der Waals surface area (Å²) in [5, 5.41) is 6.29. The van der Waals surface area contributed by atoms with Gasteiger partial charge in [0, 0.05) is 24.7 Å². The minimum absolute atomic E-state index is 0.0924. The van der Waals surface area contributed by atoms with Gasteiger partial charge in [0.2, 0.25) is 11.8 Å². The molecule has 2 N–H and O–H groups in total. The highest BCUT2D eigenvalue weighted by Gasteiger charge is 2.23. The Morgan fingerprint density at radius 1 is 1.43 bits per heavy atom. The topological polar surface area (TPSA) is 61.4 Å². The molecule has 1 aromatic carbocycles. The molecule has 21 heavy (non-hydrogen) atoms. The standard InChI is InChI=1S/C15H20ClN3O2/c1-10(2)17-9-14(20)18-11-5-6-13(12(16)8-11)19-7-3-4-15(19)21/h5-6,8,10,17H,3-4,7,9H2,1-2H3,(H,18,20). The smallest absolute Gasteiger partial charge is 0.238 e. The lowest BCUT2D eigenvalue weighted by molar-refractivity contribution is -0.117. The van der Waals surface area contributed by atoms with Crippen LogP contribution in [-0.4, -0.2) is 30.9 Å². The molecule has 0 saturated carbocycles. The Morgan fingerprint density at radius 2 is 2.19 bits per heavy atom. The van der Waals surface area contributed by atoms with Gasteiger partial charge in [-0.3, -0.25) is 9.59 Å². The average molecular weight is 310 g/mol. The SMILES string of the molecule is CC(C)NCC(=O)Nc1ccc(N2CCCC2=O)c(Cl)c1. The Hall–Kier alpha value is -1.59. The largest absolute Gasteiger partial charge is 0.325 e. The molecule has 0 aromatic heterocycles. The molecule has 0 radical (unpaired) electrons. The number of amides is 2. The normalized spacial score (nSPS) is 14.9. The van der Waals surface area contributed by atoms with Gasteiger partial charge in [0.25, 0.3) is 0 Å². The lowest BCUT2D eigenvalue weighted by atomic mass is 10.2. The highest BCUT2D eigenvalue weighted by molar-refractivity contribution is 6.34. The van der Waals surface area contributed by atoms with E-state index in [1.807, 2.05) is 13.8 Å². The van der Waals surface area contributed by atoms with Crippen LogP contribution in [0.5, 0.6) is 0 Å². The van der Waals surface area contributed by atoms with Crippen LogP contribution in [0.2, 0.25) is 5.02 Å². The number of halogens is 1. The van der Waals surface area contributed by atoms with Gasteiger partial charge in [0.05, 0.1) is 17.3 Å². The molecule has 2 amide bonds. The van der Waals surface area contributed by atoms with E-state index in [1.54, 1.807) is 23.1 Å². The molecule has 5 nitrogen and oxygen atoms in total. The zero-order valence-corrected chi connectivity index (χ0v) is 13.0. The second kappa shape index (κ2) is 6.91. The van der Waals surface area contributed by atoms with Crippen molar-refractivity contribution in [3.05, 3.63) is 23.2 Å². The zero-order valence-electron chi connectivity index (χ0n) is 12.3. The molecule has 1 aliphatic rings. The van der Waals surface area contributed by atoms with Crippen LogP contribution in [0.4, 0.5) is 11.4 Å².